The average molecular weight is 531 g/mol. The van der Waals surface area contributed by atoms with E-state index in [1.807, 2.05) is 41.5 Å². The molecule has 0 saturated carbocycles. The first-order valence-corrected chi connectivity index (χ1v) is 12.4. The molecule has 38 heavy (non-hydrogen) atoms. The first kappa shape index (κ1) is 30.5. The molecular formula is C29H38O9. The molecule has 0 atom stereocenters. The Morgan fingerprint density at radius 3 is 1.34 bits per heavy atom. The van der Waals surface area contributed by atoms with Gasteiger partial charge in [0.25, 0.3) is 0 Å². The Morgan fingerprint density at radius 2 is 1.03 bits per heavy atom. The number of hydrogen-bond acceptors (Lipinski definition) is 9. The van der Waals surface area contributed by atoms with Crippen LogP contribution in [0.1, 0.15) is 73.4 Å². The minimum Gasteiger partial charge on any atom is -0.493 e. The van der Waals surface area contributed by atoms with Gasteiger partial charge in [-0.05, 0) is 49.2 Å². The molecule has 0 aliphatic carbocycles. The van der Waals surface area contributed by atoms with Crippen LogP contribution < -0.4 is 9.47 Å². The maximum absolute atomic E-state index is 12.5. The second-order valence-electron chi connectivity index (χ2n) is 9.87. The maximum Gasteiger partial charge on any atom is 0.508 e. The van der Waals surface area contributed by atoms with Gasteiger partial charge in [0.05, 0.1) is 27.4 Å². The van der Waals surface area contributed by atoms with Crippen molar-refractivity contribution in [3.63, 3.8) is 0 Å². The smallest absolute Gasteiger partial charge is 0.493 e. The van der Waals surface area contributed by atoms with E-state index in [9.17, 15) is 14.4 Å². The van der Waals surface area contributed by atoms with Crippen molar-refractivity contribution in [3.8, 4) is 11.5 Å². The van der Waals surface area contributed by atoms with Crippen LogP contribution in [-0.4, -0.2) is 58.7 Å². The molecule has 0 heterocycles. The Labute approximate surface area is 224 Å². The fourth-order valence-electron chi connectivity index (χ4n) is 3.68. The Hall–Kier alpha value is -3.75. The molecule has 9 nitrogen and oxygen atoms in total. The predicted molar refractivity (Wildman–Crippen MR) is 141 cm³/mol. The van der Waals surface area contributed by atoms with Gasteiger partial charge in [0, 0.05) is 10.8 Å². The van der Waals surface area contributed by atoms with Crippen LogP contribution in [0.4, 0.5) is 4.79 Å². The quantitative estimate of drug-likeness (QED) is 0.261. The highest BCUT2D eigenvalue weighted by atomic mass is 16.7. The van der Waals surface area contributed by atoms with Crippen molar-refractivity contribution in [1.82, 2.24) is 0 Å². The first-order chi connectivity index (χ1) is 17.9. The summed E-state index contributed by atoms with van der Waals surface area (Å²) in [5.41, 5.74) is 1.09. The lowest BCUT2D eigenvalue weighted by Gasteiger charge is -2.27. The third-order valence-corrected chi connectivity index (χ3v) is 6.04. The zero-order chi connectivity index (χ0) is 28.5. The van der Waals surface area contributed by atoms with Crippen LogP contribution in [0.3, 0.4) is 0 Å². The number of methoxy groups -OCH3 is 2. The SMILES string of the molecule is CCOc1cc(C(C)(C)COC(=O)OCC(C)(C)c2ccc(C(=O)OC)c(OCC)c2)ccc1C(=O)OC. The lowest BCUT2D eigenvalue weighted by Crippen LogP contribution is -2.30. The second kappa shape index (κ2) is 13.2. The van der Waals surface area contributed by atoms with Crippen molar-refractivity contribution in [3.05, 3.63) is 58.7 Å². The van der Waals surface area contributed by atoms with Crippen molar-refractivity contribution >= 4 is 18.1 Å². The highest BCUT2D eigenvalue weighted by Gasteiger charge is 2.28. The standard InChI is InChI=1S/C29H38O9/c1-9-35-23-15-19(11-13-21(23)25(30)33-7)28(3,4)17-37-27(32)38-18-29(5,6)20-12-14-22(26(31)34-8)24(16-20)36-10-2/h11-16H,9-10,17-18H2,1-8H3. The van der Waals surface area contributed by atoms with Crippen molar-refractivity contribution in [2.75, 3.05) is 40.6 Å². The van der Waals surface area contributed by atoms with Crippen LogP contribution in [0.15, 0.2) is 36.4 Å². The largest absolute Gasteiger partial charge is 0.508 e. The lowest BCUT2D eigenvalue weighted by atomic mass is 9.85. The topological polar surface area (TPSA) is 107 Å². The van der Waals surface area contributed by atoms with Crippen LogP contribution >= 0.6 is 0 Å². The molecule has 208 valence electrons. The van der Waals surface area contributed by atoms with Gasteiger partial charge < -0.3 is 28.4 Å². The molecular weight excluding hydrogens is 492 g/mol. The minimum absolute atomic E-state index is 0.0394. The van der Waals surface area contributed by atoms with Gasteiger partial charge in [0.15, 0.2) is 0 Å². The Balaban J connectivity index is 2.07. The van der Waals surface area contributed by atoms with E-state index in [1.54, 1.807) is 36.4 Å². The van der Waals surface area contributed by atoms with E-state index < -0.39 is 28.9 Å². The second-order valence-corrected chi connectivity index (χ2v) is 9.87. The monoisotopic (exact) mass is 530 g/mol. The van der Waals surface area contributed by atoms with Crippen LogP contribution in [0.5, 0.6) is 11.5 Å². The van der Waals surface area contributed by atoms with Gasteiger partial charge in [0.1, 0.15) is 35.8 Å². The van der Waals surface area contributed by atoms with E-state index in [1.165, 1.54) is 14.2 Å². The van der Waals surface area contributed by atoms with Crippen molar-refractivity contribution in [1.29, 1.82) is 0 Å². The zero-order valence-electron chi connectivity index (χ0n) is 23.5. The van der Waals surface area contributed by atoms with Crippen LogP contribution in [0.2, 0.25) is 0 Å². The van der Waals surface area contributed by atoms with Gasteiger partial charge in [0.2, 0.25) is 0 Å². The number of ether oxygens (including phenoxy) is 6. The van der Waals surface area contributed by atoms with E-state index >= 15 is 0 Å². The third kappa shape index (κ3) is 7.63. The molecule has 0 radical (unpaired) electrons. The van der Waals surface area contributed by atoms with E-state index in [0.717, 1.165) is 11.1 Å². The Bertz CT molecular complexity index is 1050. The van der Waals surface area contributed by atoms with Crippen LogP contribution in [-0.2, 0) is 29.8 Å². The summed E-state index contributed by atoms with van der Waals surface area (Å²) < 4.78 is 31.8. The van der Waals surface area contributed by atoms with Gasteiger partial charge in [-0.2, -0.15) is 0 Å². The van der Waals surface area contributed by atoms with Gasteiger partial charge in [-0.25, -0.2) is 14.4 Å². The molecule has 2 rings (SSSR count). The van der Waals surface area contributed by atoms with Crippen molar-refractivity contribution < 1.29 is 42.8 Å². The summed E-state index contributed by atoms with van der Waals surface area (Å²) in [6.45, 7) is 12.1. The molecule has 0 aliphatic rings. The molecule has 0 unspecified atom stereocenters. The lowest BCUT2D eigenvalue weighted by molar-refractivity contribution is 0.0312. The summed E-state index contributed by atoms with van der Waals surface area (Å²) in [6.07, 6.45) is -0.807. The molecule has 0 aromatic heterocycles. The number of esters is 2. The normalized spacial score (nSPS) is 11.4. The summed E-state index contributed by atoms with van der Waals surface area (Å²) in [5.74, 6) is -0.181. The van der Waals surface area contributed by atoms with E-state index in [4.69, 9.17) is 28.4 Å². The number of rotatable bonds is 12. The summed E-state index contributed by atoms with van der Waals surface area (Å²) in [5, 5.41) is 0. The third-order valence-electron chi connectivity index (χ3n) is 6.04. The van der Waals surface area contributed by atoms with Gasteiger partial charge >= 0.3 is 18.1 Å². The molecule has 2 aromatic carbocycles. The fourth-order valence-corrected chi connectivity index (χ4v) is 3.68. The number of hydrogen-bond donors (Lipinski definition) is 0. The molecule has 0 saturated heterocycles. The molecule has 0 spiro atoms. The highest BCUT2D eigenvalue weighted by Crippen LogP contribution is 2.32. The molecule has 0 aliphatic heterocycles. The summed E-state index contributed by atoms with van der Waals surface area (Å²) in [4.78, 5) is 36.6. The molecule has 2 aromatic rings. The summed E-state index contributed by atoms with van der Waals surface area (Å²) >= 11 is 0. The summed E-state index contributed by atoms with van der Waals surface area (Å²) in [7, 11) is 2.62. The fraction of sp³-hybridized carbons (Fsp3) is 0.483. The number of benzene rings is 2. The van der Waals surface area contributed by atoms with Gasteiger partial charge in [-0.1, -0.05) is 39.8 Å². The number of carbonyl (C=O) groups excluding carboxylic acids is 3. The van der Waals surface area contributed by atoms with Gasteiger partial charge in [-0.15, -0.1) is 0 Å². The van der Waals surface area contributed by atoms with Crippen LogP contribution in [0.25, 0.3) is 0 Å². The Kier molecular flexibility index (Phi) is 10.6. The van der Waals surface area contributed by atoms with Crippen molar-refractivity contribution in [2.24, 2.45) is 0 Å². The van der Waals surface area contributed by atoms with Crippen LogP contribution in [0, 0.1) is 0 Å². The maximum atomic E-state index is 12.5. The van der Waals surface area contributed by atoms with Gasteiger partial charge in [-0.3, -0.25) is 0 Å². The highest BCUT2D eigenvalue weighted by molar-refractivity contribution is 5.93. The molecule has 9 heteroatoms. The minimum atomic E-state index is -0.807. The van der Waals surface area contributed by atoms with E-state index in [2.05, 4.69) is 0 Å². The Morgan fingerprint density at radius 1 is 0.658 bits per heavy atom. The predicted octanol–water partition coefficient (Wildman–Crippen LogP) is 5.47. The molecule has 0 N–H and O–H groups in total. The summed E-state index contributed by atoms with van der Waals surface area (Å²) in [6, 6.07) is 10.3. The molecule has 0 bridgehead atoms. The van der Waals surface area contributed by atoms with E-state index in [-0.39, 0.29) is 13.2 Å². The van der Waals surface area contributed by atoms with E-state index in [0.29, 0.717) is 35.8 Å². The number of carbonyl (C=O) groups is 3. The molecule has 0 amide bonds. The zero-order valence-corrected chi connectivity index (χ0v) is 23.5. The molecule has 0 fully saturated rings. The average Bonchev–Trinajstić information content (AvgIpc) is 2.90. The van der Waals surface area contributed by atoms with Crippen molar-refractivity contribution in [2.45, 2.75) is 52.4 Å². The first-order valence-electron chi connectivity index (χ1n) is 12.4.